The van der Waals surface area contributed by atoms with Crippen LogP contribution in [0.2, 0.25) is 5.02 Å². The van der Waals surface area contributed by atoms with Gasteiger partial charge in [-0.2, -0.15) is 0 Å². The van der Waals surface area contributed by atoms with E-state index >= 15 is 0 Å². The number of aromatic nitrogens is 3. The van der Waals surface area contributed by atoms with Gasteiger partial charge in [-0.25, -0.2) is 15.0 Å². The van der Waals surface area contributed by atoms with E-state index in [2.05, 4.69) is 25.2 Å². The third-order valence-corrected chi connectivity index (χ3v) is 5.97. The summed E-state index contributed by atoms with van der Waals surface area (Å²) in [7, 11) is 0. The zero-order valence-electron chi connectivity index (χ0n) is 16.9. The summed E-state index contributed by atoms with van der Waals surface area (Å²) in [6.45, 7) is 6.87. The Kier molecular flexibility index (Phi) is 6.15. The van der Waals surface area contributed by atoms with E-state index in [1.807, 2.05) is 54.5 Å². The van der Waals surface area contributed by atoms with Gasteiger partial charge in [-0.3, -0.25) is 4.79 Å². The number of amides is 1. The lowest BCUT2D eigenvalue weighted by Crippen LogP contribution is -2.49. The van der Waals surface area contributed by atoms with Crippen molar-refractivity contribution in [1.29, 1.82) is 0 Å². The largest absolute Gasteiger partial charge is 0.368 e. The minimum absolute atomic E-state index is 0.102. The molecule has 0 spiro atoms. The first kappa shape index (κ1) is 20.6. The average Bonchev–Trinajstić information content (AvgIpc) is 3.14. The van der Waals surface area contributed by atoms with Crippen molar-refractivity contribution >= 4 is 45.6 Å². The Morgan fingerprint density at radius 3 is 2.40 bits per heavy atom. The summed E-state index contributed by atoms with van der Waals surface area (Å²) >= 11 is 7.42. The Morgan fingerprint density at radius 1 is 1.07 bits per heavy atom. The number of rotatable bonds is 5. The number of aryl methyl sites for hydroxylation is 2. The van der Waals surface area contributed by atoms with Crippen LogP contribution in [0.3, 0.4) is 0 Å². The van der Waals surface area contributed by atoms with Gasteiger partial charge in [0.2, 0.25) is 11.9 Å². The van der Waals surface area contributed by atoms with Crippen LogP contribution in [-0.4, -0.2) is 51.9 Å². The lowest BCUT2D eigenvalue weighted by atomic mass is 10.2. The summed E-state index contributed by atoms with van der Waals surface area (Å²) in [5.41, 5.74) is 3.69. The summed E-state index contributed by atoms with van der Waals surface area (Å²) in [4.78, 5) is 30.2. The number of piperazine rings is 1. The molecule has 1 aliphatic heterocycles. The summed E-state index contributed by atoms with van der Waals surface area (Å²) in [6.07, 6.45) is 0.298. The van der Waals surface area contributed by atoms with E-state index < -0.39 is 0 Å². The molecule has 156 valence electrons. The van der Waals surface area contributed by atoms with Crippen molar-refractivity contribution in [3.05, 3.63) is 57.8 Å². The molecule has 0 atom stereocenters. The maximum absolute atomic E-state index is 12.7. The number of anilines is 3. The van der Waals surface area contributed by atoms with Crippen molar-refractivity contribution in [2.45, 2.75) is 20.3 Å². The lowest BCUT2D eigenvalue weighted by molar-refractivity contribution is -0.130. The smallest absolute Gasteiger partial charge is 0.229 e. The molecule has 0 aliphatic carbocycles. The van der Waals surface area contributed by atoms with Crippen molar-refractivity contribution in [1.82, 2.24) is 19.9 Å². The van der Waals surface area contributed by atoms with E-state index in [-0.39, 0.29) is 5.91 Å². The highest BCUT2D eigenvalue weighted by Gasteiger charge is 2.22. The van der Waals surface area contributed by atoms with Crippen LogP contribution < -0.4 is 10.2 Å². The highest BCUT2D eigenvalue weighted by Crippen LogP contribution is 2.22. The molecule has 1 saturated heterocycles. The van der Waals surface area contributed by atoms with Crippen LogP contribution in [0.5, 0.6) is 0 Å². The topological polar surface area (TPSA) is 74.2 Å². The van der Waals surface area contributed by atoms with Crippen molar-refractivity contribution in [3.63, 3.8) is 0 Å². The fourth-order valence-corrected chi connectivity index (χ4v) is 4.29. The maximum atomic E-state index is 12.7. The second kappa shape index (κ2) is 8.97. The summed E-state index contributed by atoms with van der Waals surface area (Å²) in [5.74, 6) is 0.628. The number of nitrogens with zero attached hydrogens (tertiary/aromatic N) is 5. The predicted octanol–water partition coefficient (Wildman–Crippen LogP) is 3.84. The Bertz CT molecular complexity index is 1010. The number of nitrogens with one attached hydrogen (secondary N) is 1. The molecule has 9 heteroatoms. The van der Waals surface area contributed by atoms with Crippen LogP contribution >= 0.6 is 22.9 Å². The van der Waals surface area contributed by atoms with Crippen molar-refractivity contribution < 1.29 is 4.79 Å². The van der Waals surface area contributed by atoms with Gasteiger partial charge in [0.25, 0.3) is 0 Å². The quantitative estimate of drug-likeness (QED) is 0.647. The van der Waals surface area contributed by atoms with Gasteiger partial charge < -0.3 is 15.1 Å². The van der Waals surface area contributed by atoms with Crippen LogP contribution in [0.15, 0.2) is 35.7 Å². The molecule has 0 saturated carbocycles. The van der Waals surface area contributed by atoms with E-state index in [0.717, 1.165) is 40.9 Å². The van der Waals surface area contributed by atoms with E-state index in [9.17, 15) is 4.79 Å². The van der Waals surface area contributed by atoms with Gasteiger partial charge in [-0.05, 0) is 44.2 Å². The zero-order valence-corrected chi connectivity index (χ0v) is 18.5. The summed E-state index contributed by atoms with van der Waals surface area (Å²) in [6, 6.07) is 9.74. The lowest BCUT2D eigenvalue weighted by Gasteiger charge is -2.36. The molecule has 1 aromatic carbocycles. The van der Waals surface area contributed by atoms with E-state index in [4.69, 9.17) is 11.6 Å². The number of hydrogen-bond donors (Lipinski definition) is 1. The average molecular weight is 443 g/mol. The van der Waals surface area contributed by atoms with Crippen molar-refractivity contribution in [2.24, 2.45) is 0 Å². The minimum atomic E-state index is 0.102. The molecule has 4 rings (SSSR count). The SMILES string of the molecule is Cc1cc(C)nc(Nc2nc(CC(=O)N3CCN(c4ccc(Cl)cc4)CC3)cs2)n1. The second-order valence-corrected chi connectivity index (χ2v) is 8.56. The van der Waals surface area contributed by atoms with Crippen LogP contribution in [0, 0.1) is 13.8 Å². The first-order valence-electron chi connectivity index (χ1n) is 9.78. The highest BCUT2D eigenvalue weighted by atomic mass is 35.5. The summed E-state index contributed by atoms with van der Waals surface area (Å²) < 4.78 is 0. The van der Waals surface area contributed by atoms with E-state index in [1.54, 1.807) is 0 Å². The summed E-state index contributed by atoms with van der Waals surface area (Å²) in [5, 5.41) is 6.46. The molecule has 1 aliphatic rings. The molecule has 3 aromatic rings. The normalized spacial score (nSPS) is 14.1. The van der Waals surface area contributed by atoms with Crippen LogP contribution in [0.25, 0.3) is 0 Å². The van der Waals surface area contributed by atoms with Crippen LogP contribution in [0.1, 0.15) is 17.1 Å². The molecule has 1 amide bonds. The Hall–Kier alpha value is -2.71. The molecule has 30 heavy (non-hydrogen) atoms. The molecular formula is C21H23ClN6OS. The standard InChI is InChI=1S/C21H23ClN6OS/c1-14-11-15(2)24-20(23-14)26-21-25-17(13-30-21)12-19(29)28-9-7-27(8-10-28)18-5-3-16(22)4-6-18/h3-6,11,13H,7-10,12H2,1-2H3,(H,23,24,25,26). The van der Waals surface area contributed by atoms with Gasteiger partial charge in [0, 0.05) is 53.7 Å². The van der Waals surface area contributed by atoms with Gasteiger partial charge in [-0.15, -0.1) is 11.3 Å². The molecule has 0 radical (unpaired) electrons. The van der Waals surface area contributed by atoms with E-state index in [1.165, 1.54) is 11.3 Å². The predicted molar refractivity (Wildman–Crippen MR) is 121 cm³/mol. The molecule has 0 bridgehead atoms. The first-order chi connectivity index (χ1) is 14.5. The van der Waals surface area contributed by atoms with Crippen LogP contribution in [0.4, 0.5) is 16.8 Å². The number of hydrogen-bond acceptors (Lipinski definition) is 7. The Morgan fingerprint density at radius 2 is 1.73 bits per heavy atom. The fraction of sp³-hybridized carbons (Fsp3) is 0.333. The second-order valence-electron chi connectivity index (χ2n) is 7.26. The van der Waals surface area contributed by atoms with Crippen molar-refractivity contribution in [3.8, 4) is 0 Å². The Labute approximate surface area is 184 Å². The molecule has 0 unspecified atom stereocenters. The molecule has 1 fully saturated rings. The van der Waals surface area contributed by atoms with Gasteiger partial charge >= 0.3 is 0 Å². The molecule has 2 aromatic heterocycles. The number of carbonyl (C=O) groups excluding carboxylic acids is 1. The third kappa shape index (κ3) is 5.06. The first-order valence-corrected chi connectivity index (χ1v) is 11.0. The number of halogens is 1. The minimum Gasteiger partial charge on any atom is -0.368 e. The molecule has 1 N–H and O–H groups in total. The zero-order chi connectivity index (χ0) is 21.1. The highest BCUT2D eigenvalue weighted by molar-refractivity contribution is 7.13. The van der Waals surface area contributed by atoms with Crippen LogP contribution in [-0.2, 0) is 11.2 Å². The Balaban J connectivity index is 1.31. The van der Waals surface area contributed by atoms with E-state index in [0.29, 0.717) is 30.6 Å². The maximum Gasteiger partial charge on any atom is 0.229 e. The number of thiazole rings is 1. The van der Waals surface area contributed by atoms with Gasteiger partial charge in [0.15, 0.2) is 5.13 Å². The molecular weight excluding hydrogens is 420 g/mol. The van der Waals surface area contributed by atoms with Crippen molar-refractivity contribution in [2.75, 3.05) is 36.4 Å². The molecule has 3 heterocycles. The van der Waals surface area contributed by atoms with Gasteiger partial charge in [0.1, 0.15) is 0 Å². The third-order valence-electron chi connectivity index (χ3n) is 4.91. The van der Waals surface area contributed by atoms with Gasteiger partial charge in [0.05, 0.1) is 12.1 Å². The number of carbonyl (C=O) groups is 1. The monoisotopic (exact) mass is 442 g/mol. The molecule has 7 nitrogen and oxygen atoms in total. The fourth-order valence-electron chi connectivity index (χ4n) is 3.46. The van der Waals surface area contributed by atoms with Gasteiger partial charge in [-0.1, -0.05) is 11.6 Å². The number of benzene rings is 1.